The third kappa shape index (κ3) is 2.89. The third-order valence-corrected chi connectivity index (χ3v) is 1.72. The lowest BCUT2D eigenvalue weighted by Gasteiger charge is -2.35. The number of rotatable bonds is 4. The molecular weight excluding hydrogens is 194 g/mol. The van der Waals surface area contributed by atoms with E-state index in [2.05, 4.69) is 4.74 Å². The van der Waals surface area contributed by atoms with Crippen molar-refractivity contribution in [3.05, 3.63) is 0 Å². The van der Waals surface area contributed by atoms with Gasteiger partial charge in [-0.2, -0.15) is 0 Å². The molecule has 0 aliphatic heterocycles. The fraction of sp³-hybridized carbons (Fsp3) is 0.857. The van der Waals surface area contributed by atoms with Crippen LogP contribution in [0.3, 0.4) is 0 Å². The Bertz CT molecular complexity index is 211. The van der Waals surface area contributed by atoms with E-state index in [4.69, 9.17) is 26.2 Å². The monoisotopic (exact) mass is 209 g/mol. The van der Waals surface area contributed by atoms with Gasteiger partial charge in [0.1, 0.15) is 6.10 Å². The predicted molar refractivity (Wildman–Crippen MR) is 44.4 cm³/mol. The van der Waals surface area contributed by atoms with Gasteiger partial charge in [0, 0.05) is 6.42 Å². The van der Waals surface area contributed by atoms with E-state index in [-0.39, 0.29) is 6.42 Å². The van der Waals surface area contributed by atoms with Crippen molar-refractivity contribution in [3.63, 3.8) is 0 Å². The summed E-state index contributed by atoms with van der Waals surface area (Å²) in [6, 6.07) is 0. The van der Waals surface area contributed by atoms with Crippen LogP contribution in [0.15, 0.2) is 0 Å². The van der Waals surface area contributed by atoms with Crippen LogP contribution in [0.25, 0.3) is 0 Å². The van der Waals surface area contributed by atoms with Crippen molar-refractivity contribution < 1.29 is 30.0 Å². The molecule has 2 unspecified atom stereocenters. The second-order valence-corrected chi connectivity index (χ2v) is 2.98. The number of aliphatic hydroxyl groups is 4. The van der Waals surface area contributed by atoms with Crippen LogP contribution in [0.4, 0.5) is 0 Å². The molecule has 0 saturated heterocycles. The molecule has 0 aromatic heterocycles. The lowest BCUT2D eigenvalue weighted by atomic mass is 10.1. The third-order valence-electron chi connectivity index (χ3n) is 1.72. The number of hydrogen-bond donors (Lipinski definition) is 5. The van der Waals surface area contributed by atoms with Crippen LogP contribution in [0.5, 0.6) is 0 Å². The molecule has 0 amide bonds. The Morgan fingerprint density at radius 1 is 1.50 bits per heavy atom. The fourth-order valence-corrected chi connectivity index (χ4v) is 0.643. The summed E-state index contributed by atoms with van der Waals surface area (Å²) in [5.74, 6) is -4.51. The molecule has 14 heavy (non-hydrogen) atoms. The van der Waals surface area contributed by atoms with Crippen molar-refractivity contribution in [2.75, 3.05) is 0 Å². The highest BCUT2D eigenvalue weighted by Crippen LogP contribution is 2.20. The fourth-order valence-electron chi connectivity index (χ4n) is 0.643. The highest BCUT2D eigenvalue weighted by atomic mass is 16.7. The van der Waals surface area contributed by atoms with Crippen molar-refractivity contribution >= 4 is 5.97 Å². The maximum Gasteiger partial charge on any atom is 0.336 e. The largest absolute Gasteiger partial charge is 0.433 e. The molecule has 0 aliphatic carbocycles. The summed E-state index contributed by atoms with van der Waals surface area (Å²) >= 11 is 0. The summed E-state index contributed by atoms with van der Waals surface area (Å²) in [5.41, 5.74) is 2.85. The molecule has 0 rings (SSSR count). The topological polar surface area (TPSA) is 133 Å². The second-order valence-electron chi connectivity index (χ2n) is 2.98. The van der Waals surface area contributed by atoms with Gasteiger partial charge in [-0.05, 0) is 6.92 Å². The zero-order valence-corrected chi connectivity index (χ0v) is 7.97. The van der Waals surface area contributed by atoms with Crippen LogP contribution < -0.4 is 5.73 Å². The molecule has 2 atom stereocenters. The van der Waals surface area contributed by atoms with Gasteiger partial charge in [0.25, 0.3) is 0 Å². The predicted octanol–water partition coefficient (Wildman–Crippen LogP) is -2.39. The molecule has 0 heterocycles. The van der Waals surface area contributed by atoms with E-state index >= 15 is 0 Å². The molecule has 7 heteroatoms. The van der Waals surface area contributed by atoms with Crippen molar-refractivity contribution in [2.45, 2.75) is 38.1 Å². The maximum atomic E-state index is 10.9. The normalized spacial score (nSPS) is 18.5. The van der Waals surface area contributed by atoms with E-state index in [0.717, 1.165) is 6.92 Å². The minimum atomic E-state index is -3.35. The Kier molecular flexibility index (Phi) is 3.98. The quantitative estimate of drug-likeness (QED) is 0.257. The molecule has 0 bridgehead atoms. The Morgan fingerprint density at radius 3 is 2.14 bits per heavy atom. The Hall–Kier alpha value is -0.730. The van der Waals surface area contributed by atoms with Gasteiger partial charge in [-0.1, -0.05) is 6.92 Å². The van der Waals surface area contributed by atoms with Crippen LogP contribution in [0, 0.1) is 0 Å². The summed E-state index contributed by atoms with van der Waals surface area (Å²) < 4.78 is 4.35. The maximum absolute atomic E-state index is 10.9. The van der Waals surface area contributed by atoms with Gasteiger partial charge in [-0.25, -0.2) is 4.79 Å². The van der Waals surface area contributed by atoms with Crippen LogP contribution >= 0.6 is 0 Å². The molecule has 0 aromatic rings. The average Bonchev–Trinajstić information content (AvgIpc) is 2.01. The highest BCUT2D eigenvalue weighted by molar-refractivity contribution is 5.74. The van der Waals surface area contributed by atoms with Gasteiger partial charge in [-0.15, -0.1) is 0 Å². The number of esters is 1. The van der Waals surface area contributed by atoms with Crippen molar-refractivity contribution in [3.8, 4) is 0 Å². The number of hydrogen-bond acceptors (Lipinski definition) is 7. The van der Waals surface area contributed by atoms with Gasteiger partial charge >= 0.3 is 11.9 Å². The molecule has 0 aromatic carbocycles. The van der Waals surface area contributed by atoms with E-state index in [1.165, 1.54) is 6.92 Å². The number of nitrogens with two attached hydrogens (primary N) is 1. The zero-order valence-electron chi connectivity index (χ0n) is 7.97. The first-order valence-corrected chi connectivity index (χ1v) is 4.01. The molecule has 0 aliphatic rings. The number of ether oxygens (including phenoxy) is 1. The zero-order chi connectivity index (χ0) is 11.6. The molecule has 6 N–H and O–H groups in total. The number of carbonyl (C=O) groups excluding carboxylic acids is 1. The number of carbonyl (C=O) groups is 1. The molecule has 0 fully saturated rings. The lowest BCUT2D eigenvalue weighted by Crippen LogP contribution is -2.63. The first-order chi connectivity index (χ1) is 6.14. The van der Waals surface area contributed by atoms with Crippen LogP contribution in [0.1, 0.15) is 20.3 Å². The van der Waals surface area contributed by atoms with Crippen molar-refractivity contribution in [1.82, 2.24) is 0 Å². The van der Waals surface area contributed by atoms with Crippen molar-refractivity contribution in [1.29, 1.82) is 0 Å². The summed E-state index contributed by atoms with van der Waals surface area (Å²) in [6.07, 6.45) is -1.71. The first kappa shape index (κ1) is 13.3. The summed E-state index contributed by atoms with van der Waals surface area (Å²) in [7, 11) is 0. The first-order valence-electron chi connectivity index (χ1n) is 4.01. The summed E-state index contributed by atoms with van der Waals surface area (Å²) in [4.78, 5) is 10.9. The van der Waals surface area contributed by atoms with Gasteiger partial charge in [0.2, 0.25) is 5.72 Å². The van der Waals surface area contributed by atoms with Gasteiger partial charge < -0.3 is 25.2 Å². The second kappa shape index (κ2) is 4.20. The van der Waals surface area contributed by atoms with Gasteiger partial charge in [0.05, 0.1) is 0 Å². The van der Waals surface area contributed by atoms with Crippen LogP contribution in [-0.4, -0.2) is 44.2 Å². The average molecular weight is 209 g/mol. The minimum Gasteiger partial charge on any atom is -0.433 e. The molecule has 84 valence electrons. The smallest absolute Gasteiger partial charge is 0.336 e. The molecule has 0 spiro atoms. The van der Waals surface area contributed by atoms with Crippen molar-refractivity contribution in [2.24, 2.45) is 5.73 Å². The lowest BCUT2D eigenvalue weighted by molar-refractivity contribution is -0.391. The van der Waals surface area contributed by atoms with E-state index in [9.17, 15) is 4.79 Å². The Balaban J connectivity index is 4.66. The Labute approximate surface area is 80.7 Å². The van der Waals surface area contributed by atoms with E-state index < -0.39 is 23.8 Å². The standard InChI is InChI=1S/C7H15NO6/c1-3-6(8,7(11,12)13)14-5(10)4(2)9/h4,9,11-13H,3,8H2,1-2H3. The molecule has 0 saturated carbocycles. The van der Waals surface area contributed by atoms with E-state index in [0.29, 0.717) is 0 Å². The highest BCUT2D eigenvalue weighted by Gasteiger charge is 2.48. The summed E-state index contributed by atoms with van der Waals surface area (Å²) in [6.45, 7) is 2.49. The van der Waals surface area contributed by atoms with E-state index in [1.807, 2.05) is 0 Å². The van der Waals surface area contributed by atoms with E-state index in [1.54, 1.807) is 0 Å². The minimum absolute atomic E-state index is 0.241. The molecule has 7 nitrogen and oxygen atoms in total. The Morgan fingerprint density at radius 2 is 1.93 bits per heavy atom. The molecular formula is C7H15NO6. The van der Waals surface area contributed by atoms with Crippen LogP contribution in [0.2, 0.25) is 0 Å². The molecule has 0 radical (unpaired) electrons. The van der Waals surface area contributed by atoms with Crippen LogP contribution in [-0.2, 0) is 9.53 Å². The number of aliphatic hydroxyl groups excluding tert-OH is 1. The summed E-state index contributed by atoms with van der Waals surface area (Å²) in [5, 5.41) is 35.2. The van der Waals surface area contributed by atoms with Gasteiger partial charge in [-0.3, -0.25) is 5.73 Å². The SMILES string of the molecule is CCC(N)(OC(=O)C(C)O)C(O)(O)O. The van der Waals surface area contributed by atoms with Gasteiger partial charge in [0.15, 0.2) is 0 Å².